The number of aromatic nitrogens is 2. The lowest BCUT2D eigenvalue weighted by atomic mass is 10.1. The third kappa shape index (κ3) is 2.99. The van der Waals surface area contributed by atoms with Crippen molar-refractivity contribution in [3.05, 3.63) is 41.5 Å². The summed E-state index contributed by atoms with van der Waals surface area (Å²) in [5.41, 5.74) is 7.05. The summed E-state index contributed by atoms with van der Waals surface area (Å²) in [5, 5.41) is 4.21. The molecule has 108 valence electrons. The van der Waals surface area contributed by atoms with Gasteiger partial charge in [0, 0.05) is 17.6 Å². The van der Waals surface area contributed by atoms with E-state index in [1.807, 2.05) is 20.0 Å². The van der Waals surface area contributed by atoms with Gasteiger partial charge in [0.25, 0.3) is 0 Å². The largest absolute Gasteiger partial charge is 0.454 e. The van der Waals surface area contributed by atoms with Gasteiger partial charge < -0.3 is 10.5 Å². The van der Waals surface area contributed by atoms with E-state index in [-0.39, 0.29) is 17.9 Å². The molecule has 1 atom stereocenters. The molecule has 5 heteroatoms. The van der Waals surface area contributed by atoms with Gasteiger partial charge in [0.05, 0.1) is 12.4 Å². The highest BCUT2D eigenvalue weighted by molar-refractivity contribution is 5.42. The maximum atomic E-state index is 13.6. The number of rotatable bonds is 4. The van der Waals surface area contributed by atoms with Crippen LogP contribution in [0.25, 0.3) is 0 Å². The molecule has 1 unspecified atom stereocenters. The predicted molar refractivity (Wildman–Crippen MR) is 76.4 cm³/mol. The lowest BCUT2D eigenvalue weighted by Crippen LogP contribution is -2.07. The van der Waals surface area contributed by atoms with E-state index in [0.717, 1.165) is 0 Å². The average Bonchev–Trinajstić information content (AvgIpc) is 2.82. The topological polar surface area (TPSA) is 53.1 Å². The molecule has 2 N–H and O–H groups in total. The third-order valence-electron chi connectivity index (χ3n) is 3.12. The average molecular weight is 277 g/mol. The Hall–Kier alpha value is -1.88. The Morgan fingerprint density at radius 2 is 2.00 bits per heavy atom. The lowest BCUT2D eigenvalue weighted by molar-refractivity contribution is 0.464. The van der Waals surface area contributed by atoms with Crippen molar-refractivity contribution >= 4 is 0 Å². The molecule has 0 radical (unpaired) electrons. The Morgan fingerprint density at radius 1 is 1.30 bits per heavy atom. The second kappa shape index (κ2) is 5.63. The van der Waals surface area contributed by atoms with Crippen LogP contribution in [0.2, 0.25) is 0 Å². The molecule has 2 aromatic rings. The van der Waals surface area contributed by atoms with E-state index in [0.29, 0.717) is 22.6 Å². The first-order valence-corrected chi connectivity index (χ1v) is 6.66. The van der Waals surface area contributed by atoms with Crippen LogP contribution < -0.4 is 10.5 Å². The number of halogens is 1. The highest BCUT2D eigenvalue weighted by atomic mass is 19.1. The predicted octanol–water partition coefficient (Wildman–Crippen LogP) is 3.72. The molecular formula is C15H20FN3O. The van der Waals surface area contributed by atoms with Crippen LogP contribution in [0.15, 0.2) is 24.5 Å². The molecule has 0 aliphatic carbocycles. The van der Waals surface area contributed by atoms with E-state index in [4.69, 9.17) is 10.5 Å². The quantitative estimate of drug-likeness (QED) is 0.926. The monoisotopic (exact) mass is 277 g/mol. The van der Waals surface area contributed by atoms with Crippen LogP contribution in [0.3, 0.4) is 0 Å². The zero-order chi connectivity index (χ0) is 14.9. The van der Waals surface area contributed by atoms with E-state index < -0.39 is 0 Å². The van der Waals surface area contributed by atoms with Gasteiger partial charge in [-0.15, -0.1) is 0 Å². The van der Waals surface area contributed by atoms with Crippen LogP contribution in [-0.2, 0) is 0 Å². The van der Waals surface area contributed by atoms with Gasteiger partial charge in [-0.1, -0.05) is 0 Å². The summed E-state index contributed by atoms with van der Waals surface area (Å²) in [7, 11) is 0. The fraction of sp³-hybridized carbons (Fsp3) is 0.400. The Balaban J connectivity index is 2.34. The first-order valence-electron chi connectivity index (χ1n) is 6.66. The Kier molecular flexibility index (Phi) is 4.09. The zero-order valence-corrected chi connectivity index (χ0v) is 12.2. The molecule has 1 heterocycles. The van der Waals surface area contributed by atoms with Crippen LogP contribution in [0.5, 0.6) is 11.5 Å². The van der Waals surface area contributed by atoms with Crippen molar-refractivity contribution in [3.63, 3.8) is 0 Å². The molecule has 20 heavy (non-hydrogen) atoms. The van der Waals surface area contributed by atoms with Gasteiger partial charge in [-0.05, 0) is 45.4 Å². The molecule has 0 amide bonds. The maximum Gasteiger partial charge on any atom is 0.165 e. The highest BCUT2D eigenvalue weighted by Gasteiger charge is 2.14. The minimum absolute atomic E-state index is 0.259. The molecule has 0 spiro atoms. The fourth-order valence-corrected chi connectivity index (χ4v) is 1.90. The molecule has 1 aromatic carbocycles. The van der Waals surface area contributed by atoms with Crippen LogP contribution >= 0.6 is 0 Å². The van der Waals surface area contributed by atoms with Crippen molar-refractivity contribution < 1.29 is 9.13 Å². The minimum Gasteiger partial charge on any atom is -0.454 e. The summed E-state index contributed by atoms with van der Waals surface area (Å²) in [6, 6.07) is 3.05. The first kappa shape index (κ1) is 14.5. The number of benzene rings is 1. The third-order valence-corrected chi connectivity index (χ3v) is 3.12. The van der Waals surface area contributed by atoms with Gasteiger partial charge in [0.1, 0.15) is 11.6 Å². The van der Waals surface area contributed by atoms with Crippen molar-refractivity contribution in [3.8, 4) is 11.5 Å². The molecule has 0 saturated heterocycles. The van der Waals surface area contributed by atoms with Crippen LogP contribution in [0.1, 0.15) is 44.0 Å². The number of hydrogen-bond acceptors (Lipinski definition) is 3. The second-order valence-electron chi connectivity index (χ2n) is 5.28. The van der Waals surface area contributed by atoms with Crippen LogP contribution in [-0.4, -0.2) is 9.78 Å². The van der Waals surface area contributed by atoms with Gasteiger partial charge in [-0.3, -0.25) is 4.68 Å². The first-order chi connectivity index (χ1) is 9.38. The standard InChI is InChI=1S/C15H20FN3O/c1-9(2)19-8-12(7-18-19)20-15-5-10(3)14(16)6-13(15)11(4)17/h5-9,11H,17H2,1-4H3. The SMILES string of the molecule is Cc1cc(Oc2cnn(C(C)C)c2)c(C(C)N)cc1F. The van der Waals surface area contributed by atoms with E-state index in [1.54, 1.807) is 30.8 Å². The van der Waals surface area contributed by atoms with E-state index in [2.05, 4.69) is 5.10 Å². The number of hydrogen-bond donors (Lipinski definition) is 1. The van der Waals surface area contributed by atoms with Crippen molar-refractivity contribution in [1.82, 2.24) is 9.78 Å². The Morgan fingerprint density at radius 3 is 2.55 bits per heavy atom. The Labute approximate surface area is 118 Å². The van der Waals surface area contributed by atoms with Gasteiger partial charge in [0.2, 0.25) is 0 Å². The van der Waals surface area contributed by atoms with Crippen LogP contribution in [0, 0.1) is 12.7 Å². The van der Waals surface area contributed by atoms with Crippen LogP contribution in [0.4, 0.5) is 4.39 Å². The second-order valence-corrected chi connectivity index (χ2v) is 5.28. The molecule has 0 fully saturated rings. The molecule has 0 saturated carbocycles. The maximum absolute atomic E-state index is 13.6. The van der Waals surface area contributed by atoms with Gasteiger partial charge in [0.15, 0.2) is 5.75 Å². The summed E-state index contributed by atoms with van der Waals surface area (Å²) < 4.78 is 21.3. The van der Waals surface area contributed by atoms with E-state index >= 15 is 0 Å². The fourth-order valence-electron chi connectivity index (χ4n) is 1.90. The summed E-state index contributed by atoms with van der Waals surface area (Å²) in [6.45, 7) is 7.57. The molecule has 2 rings (SSSR count). The minimum atomic E-state index is -0.305. The van der Waals surface area contributed by atoms with E-state index in [9.17, 15) is 4.39 Å². The summed E-state index contributed by atoms with van der Waals surface area (Å²) >= 11 is 0. The van der Waals surface area contributed by atoms with Crippen molar-refractivity contribution in [2.75, 3.05) is 0 Å². The summed E-state index contributed by atoms with van der Waals surface area (Å²) in [5.74, 6) is 0.913. The molecular weight excluding hydrogens is 257 g/mol. The van der Waals surface area contributed by atoms with Gasteiger partial charge in [-0.2, -0.15) is 5.10 Å². The number of ether oxygens (including phenoxy) is 1. The van der Waals surface area contributed by atoms with Gasteiger partial charge in [-0.25, -0.2) is 4.39 Å². The molecule has 0 aliphatic rings. The normalized spacial score (nSPS) is 12.8. The number of nitrogens with two attached hydrogens (primary N) is 1. The molecule has 0 bridgehead atoms. The Bertz CT molecular complexity index is 605. The summed E-state index contributed by atoms with van der Waals surface area (Å²) in [6.07, 6.45) is 3.46. The molecule has 1 aromatic heterocycles. The number of nitrogens with zero attached hydrogens (tertiary/aromatic N) is 2. The molecule has 4 nitrogen and oxygen atoms in total. The lowest BCUT2D eigenvalue weighted by Gasteiger charge is -2.14. The zero-order valence-electron chi connectivity index (χ0n) is 12.2. The van der Waals surface area contributed by atoms with Gasteiger partial charge >= 0.3 is 0 Å². The molecule has 0 aliphatic heterocycles. The summed E-state index contributed by atoms with van der Waals surface area (Å²) in [4.78, 5) is 0. The van der Waals surface area contributed by atoms with E-state index in [1.165, 1.54) is 6.07 Å². The van der Waals surface area contributed by atoms with Crippen molar-refractivity contribution in [1.29, 1.82) is 0 Å². The number of aryl methyl sites for hydroxylation is 1. The van der Waals surface area contributed by atoms with Crippen molar-refractivity contribution in [2.45, 2.75) is 39.8 Å². The smallest absolute Gasteiger partial charge is 0.165 e. The van der Waals surface area contributed by atoms with Crippen molar-refractivity contribution in [2.24, 2.45) is 5.73 Å². The highest BCUT2D eigenvalue weighted by Crippen LogP contribution is 2.31.